The molecular formula is C29H29BrN2O4. The Balaban J connectivity index is 1.80. The molecule has 6 nitrogen and oxygen atoms in total. The van der Waals surface area contributed by atoms with E-state index in [0.29, 0.717) is 17.5 Å². The summed E-state index contributed by atoms with van der Waals surface area (Å²) >= 11 is 3.39. The van der Waals surface area contributed by atoms with E-state index in [1.54, 1.807) is 36.4 Å². The van der Waals surface area contributed by atoms with Crippen molar-refractivity contribution in [1.29, 1.82) is 0 Å². The summed E-state index contributed by atoms with van der Waals surface area (Å²) in [5.74, 6) is -1.42. The lowest BCUT2D eigenvalue weighted by Gasteiger charge is -2.20. The number of amides is 2. The molecule has 2 amide bonds. The molecule has 3 aromatic rings. The lowest BCUT2D eigenvalue weighted by atomic mass is 10.0. The number of carbonyl (C=O) groups is 3. The highest BCUT2D eigenvalue weighted by atomic mass is 79.9. The second-order valence-electron chi connectivity index (χ2n) is 8.68. The Labute approximate surface area is 219 Å². The van der Waals surface area contributed by atoms with Gasteiger partial charge in [-0.15, -0.1) is 0 Å². The van der Waals surface area contributed by atoms with Crippen LogP contribution in [-0.2, 0) is 20.9 Å². The minimum absolute atomic E-state index is 0.0239. The molecule has 7 heteroatoms. The second-order valence-corrected chi connectivity index (χ2v) is 9.59. The number of halogens is 1. The van der Waals surface area contributed by atoms with Crippen LogP contribution in [0.1, 0.15) is 41.8 Å². The predicted molar refractivity (Wildman–Crippen MR) is 144 cm³/mol. The Hall–Kier alpha value is -3.71. The predicted octanol–water partition coefficient (Wildman–Crippen LogP) is 5.49. The van der Waals surface area contributed by atoms with Gasteiger partial charge in [-0.1, -0.05) is 90.4 Å². The minimum atomic E-state index is -0.872. The molecule has 0 aliphatic heterocycles. The number of ether oxygens (including phenoxy) is 1. The molecule has 0 radical (unpaired) electrons. The van der Waals surface area contributed by atoms with Crippen molar-refractivity contribution in [2.24, 2.45) is 5.92 Å². The van der Waals surface area contributed by atoms with E-state index in [0.717, 1.165) is 10.0 Å². The van der Waals surface area contributed by atoms with Crippen LogP contribution in [0, 0.1) is 5.92 Å². The first-order valence-electron chi connectivity index (χ1n) is 11.7. The minimum Gasteiger partial charge on any atom is -0.459 e. The van der Waals surface area contributed by atoms with Crippen molar-refractivity contribution in [3.05, 3.63) is 112 Å². The van der Waals surface area contributed by atoms with Gasteiger partial charge in [0.05, 0.1) is 0 Å². The zero-order chi connectivity index (χ0) is 25.9. The summed E-state index contributed by atoms with van der Waals surface area (Å²) in [6.45, 7) is 4.02. The highest BCUT2D eigenvalue weighted by Crippen LogP contribution is 2.14. The molecule has 3 aromatic carbocycles. The van der Waals surface area contributed by atoms with Gasteiger partial charge in [0.15, 0.2) is 0 Å². The first-order chi connectivity index (χ1) is 17.3. The Morgan fingerprint density at radius 2 is 1.50 bits per heavy atom. The molecule has 186 valence electrons. The maximum absolute atomic E-state index is 13.3. The molecule has 1 atom stereocenters. The summed E-state index contributed by atoms with van der Waals surface area (Å²) in [6.07, 6.45) is 1.96. The van der Waals surface area contributed by atoms with E-state index in [2.05, 4.69) is 26.6 Å². The molecule has 0 aliphatic carbocycles. The highest BCUT2D eigenvalue weighted by Gasteiger charge is 2.26. The quantitative estimate of drug-likeness (QED) is 0.259. The van der Waals surface area contributed by atoms with Crippen molar-refractivity contribution in [1.82, 2.24) is 10.6 Å². The Morgan fingerprint density at radius 3 is 2.11 bits per heavy atom. The first kappa shape index (κ1) is 26.9. The number of nitrogens with one attached hydrogen (secondary N) is 2. The van der Waals surface area contributed by atoms with Crippen LogP contribution in [0.5, 0.6) is 0 Å². The molecule has 0 bridgehead atoms. The average Bonchev–Trinajstić information content (AvgIpc) is 2.88. The largest absolute Gasteiger partial charge is 0.459 e. The molecule has 0 fully saturated rings. The fourth-order valence-electron chi connectivity index (χ4n) is 3.42. The van der Waals surface area contributed by atoms with Crippen molar-refractivity contribution in [2.75, 3.05) is 0 Å². The fraction of sp³-hybridized carbons (Fsp3) is 0.207. The maximum Gasteiger partial charge on any atom is 0.328 e. The van der Waals surface area contributed by atoms with Gasteiger partial charge in [0, 0.05) is 10.0 Å². The number of benzene rings is 3. The topological polar surface area (TPSA) is 84.5 Å². The molecule has 0 aliphatic rings. The lowest BCUT2D eigenvalue weighted by molar-refractivity contribution is -0.149. The van der Waals surface area contributed by atoms with E-state index in [-0.39, 0.29) is 18.2 Å². The summed E-state index contributed by atoms with van der Waals surface area (Å²) in [5.41, 5.74) is 2.00. The molecule has 3 rings (SSSR count). The van der Waals surface area contributed by atoms with E-state index in [4.69, 9.17) is 4.74 Å². The van der Waals surface area contributed by atoms with E-state index < -0.39 is 23.8 Å². The third-order valence-electron chi connectivity index (χ3n) is 5.23. The SMILES string of the molecule is CC(C)CC(NC(=O)C(=Cc1ccc(Br)cc1)NC(=O)c1ccccc1)C(=O)OCc1ccccc1. The Morgan fingerprint density at radius 1 is 0.889 bits per heavy atom. The van der Waals surface area contributed by atoms with Crippen LogP contribution in [0.15, 0.2) is 95.1 Å². The zero-order valence-electron chi connectivity index (χ0n) is 20.2. The van der Waals surface area contributed by atoms with Crippen molar-refractivity contribution in [3.8, 4) is 0 Å². The molecule has 0 saturated heterocycles. The van der Waals surface area contributed by atoms with Crippen LogP contribution in [0.25, 0.3) is 6.08 Å². The normalized spacial score (nSPS) is 12.1. The standard InChI is InChI=1S/C29H29BrN2O4/c1-20(2)17-26(29(35)36-19-22-9-5-3-6-10-22)32-28(34)25(18-21-13-15-24(30)16-14-21)31-27(33)23-11-7-4-8-12-23/h3-16,18,20,26H,17,19H2,1-2H3,(H,31,33)(H,32,34). The molecule has 0 heterocycles. The fourth-order valence-corrected chi connectivity index (χ4v) is 3.68. The summed E-state index contributed by atoms with van der Waals surface area (Å²) < 4.78 is 6.37. The zero-order valence-corrected chi connectivity index (χ0v) is 21.8. The van der Waals surface area contributed by atoms with Gasteiger partial charge in [0.2, 0.25) is 0 Å². The van der Waals surface area contributed by atoms with Gasteiger partial charge in [-0.3, -0.25) is 9.59 Å². The third-order valence-corrected chi connectivity index (χ3v) is 5.76. The van der Waals surface area contributed by atoms with Crippen LogP contribution < -0.4 is 10.6 Å². The van der Waals surface area contributed by atoms with Crippen LogP contribution in [0.4, 0.5) is 0 Å². The summed E-state index contributed by atoms with van der Waals surface area (Å²) in [7, 11) is 0. The van der Waals surface area contributed by atoms with Crippen LogP contribution in [-0.4, -0.2) is 23.8 Å². The molecule has 0 saturated carbocycles. The van der Waals surface area contributed by atoms with Gasteiger partial charge < -0.3 is 15.4 Å². The van der Waals surface area contributed by atoms with Crippen molar-refractivity contribution in [3.63, 3.8) is 0 Å². The summed E-state index contributed by atoms with van der Waals surface area (Å²) in [5, 5.41) is 5.47. The van der Waals surface area contributed by atoms with E-state index in [1.165, 1.54) is 0 Å². The second kappa shape index (κ2) is 13.4. The van der Waals surface area contributed by atoms with Crippen molar-refractivity contribution in [2.45, 2.75) is 32.9 Å². The molecule has 0 spiro atoms. The van der Waals surface area contributed by atoms with Gasteiger partial charge in [0.1, 0.15) is 18.3 Å². The molecule has 36 heavy (non-hydrogen) atoms. The van der Waals surface area contributed by atoms with Crippen molar-refractivity contribution < 1.29 is 19.1 Å². The number of rotatable bonds is 10. The molecule has 2 N–H and O–H groups in total. The summed E-state index contributed by atoms with van der Waals surface area (Å²) in [4.78, 5) is 39.1. The van der Waals surface area contributed by atoms with Crippen LogP contribution in [0.2, 0.25) is 0 Å². The first-order valence-corrected chi connectivity index (χ1v) is 12.5. The van der Waals surface area contributed by atoms with Crippen molar-refractivity contribution >= 4 is 39.8 Å². The van der Waals surface area contributed by atoms with Gasteiger partial charge >= 0.3 is 5.97 Å². The van der Waals surface area contributed by atoms with E-state index >= 15 is 0 Å². The number of hydrogen-bond donors (Lipinski definition) is 2. The monoisotopic (exact) mass is 548 g/mol. The molecule has 1 unspecified atom stereocenters. The highest BCUT2D eigenvalue weighted by molar-refractivity contribution is 9.10. The average molecular weight is 549 g/mol. The lowest BCUT2D eigenvalue weighted by Crippen LogP contribution is -2.45. The smallest absolute Gasteiger partial charge is 0.328 e. The number of carbonyl (C=O) groups excluding carboxylic acids is 3. The third kappa shape index (κ3) is 8.50. The molecule has 0 aromatic heterocycles. The van der Waals surface area contributed by atoms with E-state index in [9.17, 15) is 14.4 Å². The van der Waals surface area contributed by atoms with Gasteiger partial charge in [-0.05, 0) is 53.8 Å². The van der Waals surface area contributed by atoms with E-state index in [1.807, 2.05) is 68.4 Å². The summed E-state index contributed by atoms with van der Waals surface area (Å²) in [6, 6.07) is 24.4. The maximum atomic E-state index is 13.3. The van der Waals surface area contributed by atoms with Gasteiger partial charge in [-0.2, -0.15) is 0 Å². The Bertz CT molecular complexity index is 1190. The Kier molecular flexibility index (Phi) is 10.0. The van der Waals surface area contributed by atoms with Crippen LogP contribution >= 0.6 is 15.9 Å². The number of hydrogen-bond acceptors (Lipinski definition) is 4. The van der Waals surface area contributed by atoms with Gasteiger partial charge in [-0.25, -0.2) is 4.79 Å². The number of esters is 1. The van der Waals surface area contributed by atoms with Crippen LogP contribution in [0.3, 0.4) is 0 Å². The molecular weight excluding hydrogens is 520 g/mol. The van der Waals surface area contributed by atoms with Gasteiger partial charge in [0.25, 0.3) is 11.8 Å².